The van der Waals surface area contributed by atoms with Crippen molar-refractivity contribution < 1.29 is 179 Å². The number of hydrogen-bond acceptors (Lipinski definition) is 45. The van der Waals surface area contributed by atoms with E-state index in [-0.39, 0.29) is 140 Å². The van der Waals surface area contributed by atoms with Gasteiger partial charge in [-0.25, -0.2) is 19.0 Å². The van der Waals surface area contributed by atoms with Crippen LogP contribution in [0.5, 0.6) is 0 Å². The number of hydrogen-bond donors (Lipinski definition) is 16. The van der Waals surface area contributed by atoms with Crippen LogP contribution in [0.2, 0.25) is 0 Å². The molecule has 55 heteroatoms. The van der Waals surface area contributed by atoms with Crippen LogP contribution in [0, 0.1) is 23.7 Å². The quantitative estimate of drug-likeness (QED) is 0.0111. The molecule has 0 bridgehead atoms. The Bertz CT molecular complexity index is 4860. The van der Waals surface area contributed by atoms with Gasteiger partial charge in [0.2, 0.25) is 0 Å². The summed E-state index contributed by atoms with van der Waals surface area (Å²) >= 11 is 0. The Morgan fingerprint density at radius 3 is 1.15 bits per heavy atom. The van der Waals surface area contributed by atoms with E-state index in [2.05, 4.69) is 41.2 Å². The number of methoxy groups -OCH3 is 2. The second-order valence-electron chi connectivity index (χ2n) is 39.3. The molecule has 30 atom stereocenters. The van der Waals surface area contributed by atoms with Crippen molar-refractivity contribution in [3.63, 3.8) is 0 Å². The third kappa shape index (κ3) is 31.0. The van der Waals surface area contributed by atoms with Crippen LogP contribution in [0.15, 0.2) is 43.7 Å². The van der Waals surface area contributed by atoms with E-state index in [1.165, 1.54) is 26.2 Å². The zero-order valence-electron chi connectivity index (χ0n) is 83.4. The summed E-state index contributed by atoms with van der Waals surface area (Å²) in [6, 6.07) is -1.05. The number of likely N-dealkylation sites (tertiary alicyclic amines) is 2. The highest BCUT2D eigenvalue weighted by Crippen LogP contribution is 2.42. The maximum atomic E-state index is 14.6. The van der Waals surface area contributed by atoms with E-state index < -0.39 is 292 Å². The van der Waals surface area contributed by atoms with Gasteiger partial charge in [0, 0.05) is 38.3 Å². The molecule has 4 amide bonds. The second-order valence-corrected chi connectivity index (χ2v) is 39.3. The Hall–Kier alpha value is -9.60. The number of carbonyl (C=O) groups is 8. The number of rotatable bonds is 50. The number of ether oxygens (including phenoxy) is 19. The zero-order valence-corrected chi connectivity index (χ0v) is 83.4. The fraction of sp³-hybridized carbons (Fsp3) is 0.787. The molecule has 0 spiro atoms. The van der Waals surface area contributed by atoms with E-state index >= 15 is 0 Å². The first-order valence-electron chi connectivity index (χ1n) is 50.9. The number of esters is 4. The molecule has 4 aliphatic carbocycles. The van der Waals surface area contributed by atoms with E-state index in [1.54, 1.807) is 9.80 Å². The van der Waals surface area contributed by atoms with Crippen molar-refractivity contribution in [3.05, 3.63) is 89.0 Å². The number of nitrogens with one attached hydrogen (secondary N) is 6. The Labute approximate surface area is 853 Å². The van der Waals surface area contributed by atoms with E-state index in [0.717, 1.165) is 113 Å². The van der Waals surface area contributed by atoms with Crippen LogP contribution in [-0.4, -0.2) is 449 Å². The molecule has 0 radical (unpaired) electrons. The van der Waals surface area contributed by atoms with Gasteiger partial charge in [-0.05, 0) is 77.0 Å². The highest BCUT2D eigenvalue weighted by Gasteiger charge is 2.58. The largest absolute Gasteiger partial charge is 0.469 e. The highest BCUT2D eigenvalue weighted by molar-refractivity contribution is 5.93. The molecule has 832 valence electrons. The number of amides is 4. The Balaban J connectivity index is 0.562. The van der Waals surface area contributed by atoms with E-state index in [0.29, 0.717) is 26.2 Å². The van der Waals surface area contributed by atoms with E-state index in [4.69, 9.17) is 90.0 Å². The predicted molar refractivity (Wildman–Crippen MR) is 498 cm³/mol. The zero-order chi connectivity index (χ0) is 106. The number of aliphatic hydroxyl groups excluding tert-OH is 10. The minimum Gasteiger partial charge on any atom is -0.469 e. The fourth-order valence-electron chi connectivity index (χ4n) is 20.5. The molecule has 4 aromatic heterocycles. The van der Waals surface area contributed by atoms with Gasteiger partial charge >= 0.3 is 35.3 Å². The molecule has 6 saturated heterocycles. The van der Waals surface area contributed by atoms with Gasteiger partial charge in [-0.2, -0.15) is 0 Å². The summed E-state index contributed by atoms with van der Waals surface area (Å²) in [7, 11) is 2.24. The lowest BCUT2D eigenvalue weighted by atomic mass is 9.81. The average molecular weight is 2120 g/mol. The molecule has 55 nitrogen and oxygen atoms in total. The van der Waals surface area contributed by atoms with Crippen LogP contribution in [-0.2, 0) is 145 Å². The van der Waals surface area contributed by atoms with Gasteiger partial charge in [0.25, 0.3) is 34.7 Å². The molecule has 10 fully saturated rings. The van der Waals surface area contributed by atoms with Gasteiger partial charge in [0.1, 0.15) is 146 Å². The number of aliphatic hydroxyl groups is 10. The normalized spacial score (nSPS) is 32.0. The third-order valence-electron chi connectivity index (χ3n) is 28.7. The summed E-state index contributed by atoms with van der Waals surface area (Å²) in [6.45, 7) is 1.27. The summed E-state index contributed by atoms with van der Waals surface area (Å²) in [5.74, 6) is -8.75. The summed E-state index contributed by atoms with van der Waals surface area (Å²) in [4.78, 5) is 175. The van der Waals surface area contributed by atoms with Gasteiger partial charge in [-0.3, -0.25) is 57.9 Å². The molecule has 4 saturated carbocycles. The average Bonchev–Trinajstić information content (AvgIpc) is 1.13. The van der Waals surface area contributed by atoms with Gasteiger partial charge in [-0.15, -0.1) is 10.2 Å². The van der Waals surface area contributed by atoms with Crippen LogP contribution in [0.1, 0.15) is 162 Å². The lowest BCUT2D eigenvalue weighted by Gasteiger charge is -2.48. The minimum atomic E-state index is -1.89. The smallest absolute Gasteiger partial charge is 0.328 e. The maximum absolute atomic E-state index is 14.6. The fourth-order valence-corrected chi connectivity index (χ4v) is 20.5. The SMILES string of the molecule is COC(=O)C1CC(NC(=O)c2cc(=O)[nH]c(=O)[nH]2)[C@@H](OC[C@@H]2OC(C)[C@@H](O)[C@H](O)C2O)[C@H](O[C@@H]2O[C@@H](CO)[C@H](O)C(O[C@@H](CC3CCCCC3)C(=O)N3CCC3)C2OC(=O)Cn2cc(COCCOCCOCCOCCOCc3cn(CC(=O)OC4C(O[C@@H](CC5CCCCC5)C(=O)N5CCC5)[C@@H](O)[C@H](CO)O[C@H]4O[C@@H]4CC(C(=O)OC)CC(NC(=O)c5cc(=O)[nH]c(=O)[nH]5)[C@H]4OC[C@@H]4OC(C)[C@@H](O)[C@H](O)C4O)nn3)nn2)C1. The number of aromatic nitrogens is 10. The Kier molecular flexibility index (Phi) is 42.7. The summed E-state index contributed by atoms with van der Waals surface area (Å²) in [5.41, 5.74) is -4.39. The number of nitrogens with zero attached hydrogens (tertiary/aromatic N) is 8. The molecule has 12 unspecified atom stereocenters. The topological polar surface area (TPSA) is 738 Å². The van der Waals surface area contributed by atoms with Crippen LogP contribution in [0.25, 0.3) is 0 Å². The molecule has 6 aliphatic heterocycles. The molecule has 149 heavy (non-hydrogen) atoms. The molecule has 10 aliphatic rings. The van der Waals surface area contributed by atoms with Crippen molar-refractivity contribution >= 4 is 47.5 Å². The van der Waals surface area contributed by atoms with Crippen LogP contribution >= 0.6 is 0 Å². The molecule has 4 aromatic rings. The van der Waals surface area contributed by atoms with Crippen molar-refractivity contribution in [3.8, 4) is 0 Å². The van der Waals surface area contributed by atoms with E-state index in [9.17, 15) is 109 Å². The Morgan fingerprint density at radius 2 is 0.805 bits per heavy atom. The first kappa shape index (κ1) is 115. The molecular formula is C94H140N14O41. The van der Waals surface area contributed by atoms with Crippen molar-refractivity contribution in [1.82, 2.24) is 70.4 Å². The molecular weight excluding hydrogens is 1980 g/mol. The first-order chi connectivity index (χ1) is 71.7. The van der Waals surface area contributed by atoms with Crippen LogP contribution in [0.3, 0.4) is 0 Å². The van der Waals surface area contributed by atoms with Crippen molar-refractivity contribution in [2.45, 2.75) is 327 Å². The molecule has 0 aromatic carbocycles. The number of H-pyrrole nitrogens is 4. The number of carbonyl (C=O) groups excluding carboxylic acids is 8. The molecule has 14 rings (SSSR count). The van der Waals surface area contributed by atoms with Gasteiger partial charge in [0.05, 0.1) is 167 Å². The van der Waals surface area contributed by atoms with Gasteiger partial charge in [-0.1, -0.05) is 74.6 Å². The highest BCUT2D eigenvalue weighted by atomic mass is 16.8. The molecule has 16 N–H and O–H groups in total. The van der Waals surface area contributed by atoms with Crippen LogP contribution in [0.4, 0.5) is 0 Å². The maximum Gasteiger partial charge on any atom is 0.328 e. The molecule has 10 heterocycles. The monoisotopic (exact) mass is 2120 g/mol. The first-order valence-corrected chi connectivity index (χ1v) is 50.9. The summed E-state index contributed by atoms with van der Waals surface area (Å²) < 4.78 is 118. The minimum absolute atomic E-state index is 0.0226. The second kappa shape index (κ2) is 55.3. The summed E-state index contributed by atoms with van der Waals surface area (Å²) in [5, 5.41) is 133. The summed E-state index contributed by atoms with van der Waals surface area (Å²) in [6.07, 6.45) is -28.4. The third-order valence-corrected chi connectivity index (χ3v) is 28.7. The Morgan fingerprint density at radius 1 is 0.436 bits per heavy atom. The predicted octanol–water partition coefficient (Wildman–Crippen LogP) is -6.66. The standard InChI is InChI=1S/C94H140N14O41/c1-47-71(115)77(121)73(117)65(140-47)45-138-79-55(95-85(123)57-35-67(111)99-93(129)97-57)31-51(89(127)131-3)33-59(79)144-91-83(81(75(119)63(41-109)146-91)142-61(87(125)105-17-11-18-105)29-49-13-7-5-8-14-49)148-69(113)39-107-37-53(101-103-107)43-136-27-25-134-23-21-133-22-24-135-26-28-137-44-54-38-108(104-102-54)40-70(114)149-84-82(143-62(88(126)106-19-12-20-106)30-50-15-9-6-10-16-50)76(120)64(42-110)147-92(84)145-60-34-52(90(128)132-4)32-56(96-86(124)58-36-68(112)100-94(130)98-58)80(60)139-46-66-74(118)78(122)72(116)48(2)141-66/h35-38,47-52,55-56,59-66,71-84,91-92,109-110,115-122H,5-34,39-46H2,1-4H3,(H,95,123)(H,96,124)(H2,97,99,111,129)(H2,98,100,112,130)/t47?,48?,51?,52?,55?,56?,59-,60-,61+,62+,63+,64+,65+,66+,71-,72-,73?,74?,75+,76+,77+,78+,79-,80-,81?,82?,83?,84?,91-,92-/m1/s1. The van der Waals surface area contributed by atoms with Crippen molar-refractivity contribution in [2.75, 3.05) is 120 Å². The van der Waals surface area contributed by atoms with Crippen molar-refractivity contribution in [1.29, 1.82) is 0 Å². The number of aromatic amines is 4. The van der Waals surface area contributed by atoms with Gasteiger partial charge < -0.3 is 171 Å². The lowest BCUT2D eigenvalue weighted by molar-refractivity contribution is -0.333. The lowest BCUT2D eigenvalue weighted by Crippen LogP contribution is -2.65. The van der Waals surface area contributed by atoms with E-state index in [1.807, 2.05) is 9.97 Å². The van der Waals surface area contributed by atoms with Gasteiger partial charge in [0.15, 0.2) is 24.8 Å². The van der Waals surface area contributed by atoms with Crippen molar-refractivity contribution in [2.24, 2.45) is 23.7 Å². The van der Waals surface area contributed by atoms with Crippen LogP contribution < -0.4 is 33.1 Å².